The van der Waals surface area contributed by atoms with Crippen molar-refractivity contribution in [2.45, 2.75) is 42.5 Å². The van der Waals surface area contributed by atoms with E-state index in [1.165, 1.54) is 18.2 Å². The number of rotatable bonds is 2. The van der Waals surface area contributed by atoms with Gasteiger partial charge in [-0.05, 0) is 36.2 Å². The molecule has 100 valence electrons. The topological polar surface area (TPSA) is 95.4 Å². The fourth-order valence-electron chi connectivity index (χ4n) is 2.01. The highest BCUT2D eigenvalue weighted by Gasteiger charge is 2.17. The molecular weight excluding hydrogens is 286 g/mol. The maximum atomic E-state index is 5.76. The van der Waals surface area contributed by atoms with Crippen molar-refractivity contribution in [1.82, 2.24) is 29.7 Å². The van der Waals surface area contributed by atoms with E-state index in [0.29, 0.717) is 5.16 Å². The lowest BCUT2D eigenvalue weighted by molar-refractivity contribution is 0.590. The molecule has 7 nitrogen and oxygen atoms in total. The zero-order valence-corrected chi connectivity index (χ0v) is 11.7. The van der Waals surface area contributed by atoms with Crippen molar-refractivity contribution < 1.29 is 0 Å². The van der Waals surface area contributed by atoms with Gasteiger partial charge in [-0.25, -0.2) is 0 Å². The van der Waals surface area contributed by atoms with Crippen LogP contribution in [0.15, 0.2) is 10.3 Å². The monoisotopic (exact) mass is 297 g/mol. The third-order valence-electron chi connectivity index (χ3n) is 2.86. The molecule has 0 saturated carbocycles. The summed E-state index contributed by atoms with van der Waals surface area (Å²) >= 11 is 7.07. The van der Waals surface area contributed by atoms with Crippen LogP contribution in [0.2, 0.25) is 5.28 Å². The number of nitrogens with zero attached hydrogens (tertiary/aromatic N) is 6. The molecule has 1 aliphatic heterocycles. The molecule has 0 atom stereocenters. The van der Waals surface area contributed by atoms with Crippen molar-refractivity contribution in [3.63, 3.8) is 0 Å². The molecule has 0 radical (unpaired) electrons. The molecule has 0 saturated heterocycles. The molecule has 19 heavy (non-hydrogen) atoms. The highest BCUT2D eigenvalue weighted by atomic mass is 35.5. The van der Waals surface area contributed by atoms with Gasteiger partial charge in [0.1, 0.15) is 5.82 Å². The summed E-state index contributed by atoms with van der Waals surface area (Å²) in [5.74, 6) is 1.13. The average molecular weight is 298 g/mol. The third-order valence-corrected chi connectivity index (χ3v) is 3.88. The van der Waals surface area contributed by atoms with Crippen LogP contribution in [0.3, 0.4) is 0 Å². The van der Waals surface area contributed by atoms with Crippen LogP contribution in [-0.4, -0.2) is 29.7 Å². The second-order valence-electron chi connectivity index (χ2n) is 4.21. The minimum atomic E-state index is 0.0885. The van der Waals surface area contributed by atoms with Crippen LogP contribution in [0.1, 0.15) is 25.1 Å². The molecule has 2 aromatic rings. The number of fused-ring (bicyclic) bond motifs is 1. The van der Waals surface area contributed by atoms with E-state index in [2.05, 4.69) is 29.7 Å². The summed E-state index contributed by atoms with van der Waals surface area (Å²) in [6.07, 6.45) is 4.48. The number of halogens is 1. The number of anilines is 1. The van der Waals surface area contributed by atoms with Crippen molar-refractivity contribution in [1.29, 1.82) is 0 Å². The van der Waals surface area contributed by atoms with E-state index in [1.807, 2.05) is 0 Å². The Morgan fingerprint density at radius 3 is 2.84 bits per heavy atom. The Morgan fingerprint density at radius 1 is 1.11 bits per heavy atom. The van der Waals surface area contributed by atoms with E-state index >= 15 is 0 Å². The standard InChI is InChI=1S/C10H12ClN7S/c11-7-13-8(12)15-9(14-7)19-10-17-16-6-4-2-1-3-5-18(6)10/h1-5H2,(H2,12,13,14,15). The summed E-state index contributed by atoms with van der Waals surface area (Å²) in [7, 11) is 0. The molecule has 0 amide bonds. The third kappa shape index (κ3) is 2.79. The SMILES string of the molecule is Nc1nc(Cl)nc(Sc2nnc3n2CCCCC3)n1. The molecule has 3 heterocycles. The van der Waals surface area contributed by atoms with Crippen LogP contribution in [-0.2, 0) is 13.0 Å². The summed E-state index contributed by atoms with van der Waals surface area (Å²) in [6.45, 7) is 0.930. The van der Waals surface area contributed by atoms with E-state index in [0.717, 1.165) is 36.8 Å². The fourth-order valence-corrected chi connectivity index (χ4v) is 3.05. The predicted molar refractivity (Wildman–Crippen MR) is 70.9 cm³/mol. The first-order chi connectivity index (χ1) is 9.22. The number of nitrogens with two attached hydrogens (primary N) is 1. The van der Waals surface area contributed by atoms with Crippen LogP contribution in [0.4, 0.5) is 5.95 Å². The Bertz CT molecular complexity index is 579. The molecule has 0 fully saturated rings. The molecule has 0 spiro atoms. The van der Waals surface area contributed by atoms with Crippen molar-refractivity contribution >= 4 is 29.3 Å². The minimum Gasteiger partial charge on any atom is -0.368 e. The van der Waals surface area contributed by atoms with Crippen LogP contribution < -0.4 is 5.73 Å². The summed E-state index contributed by atoms with van der Waals surface area (Å²) in [6, 6.07) is 0. The van der Waals surface area contributed by atoms with Gasteiger partial charge in [-0.15, -0.1) is 10.2 Å². The Balaban J connectivity index is 1.89. The Labute approximate surface area is 119 Å². The van der Waals surface area contributed by atoms with Crippen molar-refractivity contribution in [3.8, 4) is 0 Å². The van der Waals surface area contributed by atoms with Gasteiger partial charge in [-0.3, -0.25) is 0 Å². The van der Waals surface area contributed by atoms with Gasteiger partial charge < -0.3 is 10.3 Å². The maximum absolute atomic E-state index is 5.76. The van der Waals surface area contributed by atoms with Gasteiger partial charge in [-0.2, -0.15) is 15.0 Å². The first-order valence-corrected chi connectivity index (χ1v) is 7.19. The second kappa shape index (κ2) is 5.30. The molecule has 9 heteroatoms. The van der Waals surface area contributed by atoms with Crippen molar-refractivity contribution in [2.24, 2.45) is 0 Å². The van der Waals surface area contributed by atoms with Crippen LogP contribution in [0, 0.1) is 0 Å². The number of aromatic nitrogens is 6. The van der Waals surface area contributed by atoms with Gasteiger partial charge in [0.25, 0.3) is 0 Å². The van der Waals surface area contributed by atoms with Crippen LogP contribution in [0.5, 0.6) is 0 Å². The highest BCUT2D eigenvalue weighted by molar-refractivity contribution is 7.99. The van der Waals surface area contributed by atoms with Gasteiger partial charge >= 0.3 is 0 Å². The lowest BCUT2D eigenvalue weighted by atomic mass is 10.2. The number of aryl methyl sites for hydroxylation is 1. The molecular formula is C10H12ClN7S. The van der Waals surface area contributed by atoms with Gasteiger partial charge in [0.2, 0.25) is 16.4 Å². The van der Waals surface area contributed by atoms with Gasteiger partial charge in [0.05, 0.1) is 0 Å². The Hall–Kier alpha value is -1.41. The molecule has 3 rings (SSSR count). The number of hydrogen-bond acceptors (Lipinski definition) is 7. The smallest absolute Gasteiger partial charge is 0.228 e. The van der Waals surface area contributed by atoms with E-state index in [-0.39, 0.29) is 11.2 Å². The van der Waals surface area contributed by atoms with Gasteiger partial charge in [0, 0.05) is 13.0 Å². The molecule has 2 aromatic heterocycles. The summed E-state index contributed by atoms with van der Waals surface area (Å²) in [5, 5.41) is 9.71. The van der Waals surface area contributed by atoms with Crippen molar-refractivity contribution in [3.05, 3.63) is 11.1 Å². The number of hydrogen-bond donors (Lipinski definition) is 1. The Morgan fingerprint density at radius 2 is 2.00 bits per heavy atom. The van der Waals surface area contributed by atoms with E-state index in [4.69, 9.17) is 17.3 Å². The number of nitrogen functional groups attached to an aromatic ring is 1. The zero-order chi connectivity index (χ0) is 13.2. The van der Waals surface area contributed by atoms with Crippen molar-refractivity contribution in [2.75, 3.05) is 5.73 Å². The maximum Gasteiger partial charge on any atom is 0.228 e. The van der Waals surface area contributed by atoms with E-state index in [9.17, 15) is 0 Å². The first kappa shape index (κ1) is 12.6. The molecule has 0 aliphatic carbocycles. The highest BCUT2D eigenvalue weighted by Crippen LogP contribution is 2.26. The molecule has 0 aromatic carbocycles. The summed E-state index contributed by atoms with van der Waals surface area (Å²) in [5.41, 5.74) is 5.55. The first-order valence-electron chi connectivity index (χ1n) is 5.99. The Kier molecular flexibility index (Phi) is 3.52. The molecule has 0 bridgehead atoms. The van der Waals surface area contributed by atoms with Crippen LogP contribution in [0.25, 0.3) is 0 Å². The van der Waals surface area contributed by atoms with E-state index in [1.54, 1.807) is 0 Å². The lowest BCUT2D eigenvalue weighted by Gasteiger charge is -2.05. The van der Waals surface area contributed by atoms with Gasteiger partial charge in [-0.1, -0.05) is 6.42 Å². The average Bonchev–Trinajstić information content (AvgIpc) is 2.59. The molecule has 0 unspecified atom stereocenters. The lowest BCUT2D eigenvalue weighted by Crippen LogP contribution is -2.03. The largest absolute Gasteiger partial charge is 0.368 e. The predicted octanol–water partition coefficient (Wildman–Crippen LogP) is 1.58. The van der Waals surface area contributed by atoms with Crippen LogP contribution >= 0.6 is 23.4 Å². The fraction of sp³-hybridized carbons (Fsp3) is 0.500. The zero-order valence-electron chi connectivity index (χ0n) is 10.1. The van der Waals surface area contributed by atoms with E-state index < -0.39 is 0 Å². The normalized spacial score (nSPS) is 15.0. The quantitative estimate of drug-likeness (QED) is 0.899. The van der Waals surface area contributed by atoms with Gasteiger partial charge in [0.15, 0.2) is 5.16 Å². The second-order valence-corrected chi connectivity index (χ2v) is 5.48. The minimum absolute atomic E-state index is 0.0885. The molecule has 1 aliphatic rings. The molecule has 2 N–H and O–H groups in total. The summed E-state index contributed by atoms with van der Waals surface area (Å²) in [4.78, 5) is 11.8. The summed E-state index contributed by atoms with van der Waals surface area (Å²) < 4.78 is 2.12.